The minimum atomic E-state index is -0.852. The first kappa shape index (κ1) is 14.1. The monoisotopic (exact) mass is 281 g/mol. The Bertz CT molecular complexity index is 481. The maximum atomic E-state index is 12.1. The molecule has 1 aliphatic carbocycles. The van der Waals surface area contributed by atoms with E-state index in [1.807, 2.05) is 12.3 Å². The predicted molar refractivity (Wildman–Crippen MR) is 74.7 cm³/mol. The van der Waals surface area contributed by atoms with E-state index in [0.29, 0.717) is 6.42 Å². The van der Waals surface area contributed by atoms with Crippen molar-refractivity contribution in [2.75, 3.05) is 6.54 Å². The summed E-state index contributed by atoms with van der Waals surface area (Å²) in [5.41, 5.74) is 1.93. The molecule has 0 bridgehead atoms. The number of amides is 1. The maximum Gasteiger partial charge on any atom is 0.308 e. The van der Waals surface area contributed by atoms with Gasteiger partial charge in [0.05, 0.1) is 11.5 Å². The van der Waals surface area contributed by atoms with Gasteiger partial charge in [-0.15, -0.1) is 11.3 Å². The van der Waals surface area contributed by atoms with Crippen LogP contribution in [0.3, 0.4) is 0 Å². The van der Waals surface area contributed by atoms with Gasteiger partial charge in [0.1, 0.15) is 0 Å². The molecule has 1 heterocycles. The summed E-state index contributed by atoms with van der Waals surface area (Å²) in [4.78, 5) is 24.4. The molecule has 1 atom stereocenters. The largest absolute Gasteiger partial charge is 0.481 e. The molecule has 1 aromatic heterocycles. The van der Waals surface area contributed by atoms with Gasteiger partial charge in [-0.3, -0.25) is 9.59 Å². The van der Waals surface area contributed by atoms with Crippen LogP contribution in [0.1, 0.15) is 47.0 Å². The average Bonchev–Trinajstić information content (AvgIpc) is 2.82. The summed E-state index contributed by atoms with van der Waals surface area (Å²) in [6.45, 7) is 2.02. The Morgan fingerprint density at radius 3 is 2.84 bits per heavy atom. The molecule has 104 valence electrons. The van der Waals surface area contributed by atoms with Gasteiger partial charge in [0, 0.05) is 16.8 Å². The minimum absolute atomic E-state index is 0.126. The fourth-order valence-electron chi connectivity index (χ4n) is 2.40. The van der Waals surface area contributed by atoms with E-state index in [1.54, 1.807) is 11.3 Å². The van der Waals surface area contributed by atoms with Crippen LogP contribution in [0.2, 0.25) is 0 Å². The summed E-state index contributed by atoms with van der Waals surface area (Å²) in [5.74, 6) is -1.48. The number of fused-ring (bicyclic) bond motifs is 1. The molecule has 0 aromatic carbocycles. The zero-order chi connectivity index (χ0) is 13.8. The molecule has 0 fully saturated rings. The summed E-state index contributed by atoms with van der Waals surface area (Å²) in [5, 5.41) is 13.6. The Balaban J connectivity index is 2.00. The third kappa shape index (κ3) is 3.15. The third-order valence-corrected chi connectivity index (χ3v) is 4.75. The molecule has 0 saturated carbocycles. The number of carbonyl (C=O) groups is 2. The third-order valence-electron chi connectivity index (χ3n) is 3.66. The standard InChI is InChI=1S/C14H19NO3S/c1-2-9(14(17)18)7-15-13(16)11-8-19-12-6-4-3-5-10(11)12/h8-9H,2-7H2,1H3,(H,15,16)(H,17,18). The van der Waals surface area contributed by atoms with E-state index in [1.165, 1.54) is 16.9 Å². The van der Waals surface area contributed by atoms with Crippen molar-refractivity contribution in [1.82, 2.24) is 5.32 Å². The summed E-state index contributed by atoms with van der Waals surface area (Å²) in [7, 11) is 0. The number of carboxylic acid groups (broad SMARTS) is 1. The van der Waals surface area contributed by atoms with E-state index in [4.69, 9.17) is 5.11 Å². The van der Waals surface area contributed by atoms with Crippen molar-refractivity contribution in [3.05, 3.63) is 21.4 Å². The molecule has 0 spiro atoms. The zero-order valence-electron chi connectivity index (χ0n) is 11.1. The van der Waals surface area contributed by atoms with Gasteiger partial charge in [-0.2, -0.15) is 0 Å². The molecule has 1 unspecified atom stereocenters. The molecule has 19 heavy (non-hydrogen) atoms. The van der Waals surface area contributed by atoms with Crippen LogP contribution in [0.4, 0.5) is 0 Å². The number of nitrogens with one attached hydrogen (secondary N) is 1. The van der Waals surface area contributed by atoms with Crippen molar-refractivity contribution in [3.8, 4) is 0 Å². The van der Waals surface area contributed by atoms with Gasteiger partial charge in [-0.25, -0.2) is 0 Å². The predicted octanol–water partition coefficient (Wildman–Crippen LogP) is 2.47. The number of thiophene rings is 1. The molecule has 1 amide bonds. The summed E-state index contributed by atoms with van der Waals surface area (Å²) in [6, 6.07) is 0. The van der Waals surface area contributed by atoms with Crippen molar-refractivity contribution in [2.45, 2.75) is 39.0 Å². The fourth-order valence-corrected chi connectivity index (χ4v) is 3.53. The normalized spacial score (nSPS) is 15.6. The number of carboxylic acids is 1. The van der Waals surface area contributed by atoms with Crippen LogP contribution in [0.15, 0.2) is 5.38 Å². The van der Waals surface area contributed by atoms with Gasteiger partial charge >= 0.3 is 5.97 Å². The zero-order valence-corrected chi connectivity index (χ0v) is 11.9. The molecule has 2 N–H and O–H groups in total. The molecule has 0 radical (unpaired) electrons. The molecule has 1 aliphatic rings. The van der Waals surface area contributed by atoms with E-state index >= 15 is 0 Å². The van der Waals surface area contributed by atoms with Crippen LogP contribution >= 0.6 is 11.3 Å². The first-order chi connectivity index (χ1) is 9.13. The fraction of sp³-hybridized carbons (Fsp3) is 0.571. The quantitative estimate of drug-likeness (QED) is 0.871. The first-order valence-corrected chi connectivity index (χ1v) is 7.61. The number of aryl methyl sites for hydroxylation is 1. The summed E-state index contributed by atoms with van der Waals surface area (Å²) < 4.78 is 0. The Labute approximate surface area is 116 Å². The molecule has 0 aliphatic heterocycles. The molecule has 4 nitrogen and oxygen atoms in total. The molecular formula is C14H19NO3S. The van der Waals surface area contributed by atoms with E-state index in [9.17, 15) is 9.59 Å². The summed E-state index contributed by atoms with van der Waals surface area (Å²) >= 11 is 1.65. The lowest BCUT2D eigenvalue weighted by Gasteiger charge is -2.14. The smallest absolute Gasteiger partial charge is 0.308 e. The van der Waals surface area contributed by atoms with Crippen molar-refractivity contribution in [2.24, 2.45) is 5.92 Å². The van der Waals surface area contributed by atoms with Crippen LogP contribution in [-0.2, 0) is 17.6 Å². The lowest BCUT2D eigenvalue weighted by atomic mass is 9.95. The highest BCUT2D eigenvalue weighted by Gasteiger charge is 2.21. The second kappa shape index (κ2) is 6.19. The van der Waals surface area contributed by atoms with Gasteiger partial charge in [-0.05, 0) is 37.7 Å². The van der Waals surface area contributed by atoms with Crippen LogP contribution in [0.5, 0.6) is 0 Å². The van der Waals surface area contributed by atoms with Gasteiger partial charge in [0.2, 0.25) is 0 Å². The molecule has 0 saturated heterocycles. The number of aliphatic carboxylic acids is 1. The second-order valence-corrected chi connectivity index (χ2v) is 5.88. The van der Waals surface area contributed by atoms with Crippen LogP contribution in [0, 0.1) is 5.92 Å². The van der Waals surface area contributed by atoms with Gasteiger partial charge in [0.25, 0.3) is 5.91 Å². The van der Waals surface area contributed by atoms with E-state index < -0.39 is 11.9 Å². The summed E-state index contributed by atoms with van der Waals surface area (Å²) in [6.07, 6.45) is 4.90. The Kier molecular flexibility index (Phi) is 4.58. The molecule has 2 rings (SSSR count). The van der Waals surface area contributed by atoms with Crippen LogP contribution < -0.4 is 5.32 Å². The number of carbonyl (C=O) groups excluding carboxylic acids is 1. The van der Waals surface area contributed by atoms with Crippen molar-refractivity contribution < 1.29 is 14.7 Å². The Morgan fingerprint density at radius 2 is 2.16 bits per heavy atom. The first-order valence-electron chi connectivity index (χ1n) is 6.73. The average molecular weight is 281 g/mol. The molecule has 1 aromatic rings. The van der Waals surface area contributed by atoms with Gasteiger partial charge in [0.15, 0.2) is 0 Å². The number of hydrogen-bond donors (Lipinski definition) is 2. The molecule has 5 heteroatoms. The van der Waals surface area contributed by atoms with E-state index in [-0.39, 0.29) is 12.5 Å². The van der Waals surface area contributed by atoms with E-state index in [0.717, 1.165) is 24.8 Å². The number of hydrogen-bond acceptors (Lipinski definition) is 3. The van der Waals surface area contributed by atoms with Crippen molar-refractivity contribution >= 4 is 23.2 Å². The lowest BCUT2D eigenvalue weighted by molar-refractivity contribution is -0.141. The maximum absolute atomic E-state index is 12.1. The highest BCUT2D eigenvalue weighted by Crippen LogP contribution is 2.30. The van der Waals surface area contributed by atoms with Crippen LogP contribution in [0.25, 0.3) is 0 Å². The Hall–Kier alpha value is -1.36. The van der Waals surface area contributed by atoms with Crippen molar-refractivity contribution in [3.63, 3.8) is 0 Å². The second-order valence-electron chi connectivity index (χ2n) is 4.91. The van der Waals surface area contributed by atoms with Gasteiger partial charge in [-0.1, -0.05) is 6.92 Å². The molecular weight excluding hydrogens is 262 g/mol. The minimum Gasteiger partial charge on any atom is -0.481 e. The number of rotatable bonds is 5. The van der Waals surface area contributed by atoms with E-state index in [2.05, 4.69) is 5.32 Å². The highest BCUT2D eigenvalue weighted by atomic mass is 32.1. The van der Waals surface area contributed by atoms with Crippen LogP contribution in [-0.4, -0.2) is 23.5 Å². The highest BCUT2D eigenvalue weighted by molar-refractivity contribution is 7.10. The van der Waals surface area contributed by atoms with Crippen molar-refractivity contribution in [1.29, 1.82) is 0 Å². The topological polar surface area (TPSA) is 66.4 Å². The van der Waals surface area contributed by atoms with Gasteiger partial charge < -0.3 is 10.4 Å². The Morgan fingerprint density at radius 1 is 1.42 bits per heavy atom. The lowest BCUT2D eigenvalue weighted by Crippen LogP contribution is -2.33. The SMILES string of the molecule is CCC(CNC(=O)c1csc2c1CCCC2)C(=O)O.